The van der Waals surface area contributed by atoms with E-state index in [1.807, 2.05) is 0 Å². The maximum absolute atomic E-state index is 11.9. The molecule has 0 aliphatic rings. The van der Waals surface area contributed by atoms with Crippen LogP contribution in [0.5, 0.6) is 5.75 Å². The van der Waals surface area contributed by atoms with Gasteiger partial charge in [0, 0.05) is 18.8 Å². The average molecular weight is 261 g/mol. The molecule has 2 rings (SSSR count). The number of aryl methyl sites for hydroxylation is 1. The Labute approximate surface area is 110 Å². The molecule has 1 aromatic carbocycles. The monoisotopic (exact) mass is 261 g/mol. The molecule has 0 spiro atoms. The van der Waals surface area contributed by atoms with Gasteiger partial charge in [-0.05, 0) is 18.2 Å². The standard InChI is InChI=1S/C13H15N3O3/c1-16-7-9(6-15-16)8-19-13(17)10-3-4-11(14)12(5-10)18-2/h3-7H,8,14H2,1-2H3. The highest BCUT2D eigenvalue weighted by atomic mass is 16.5. The average Bonchev–Trinajstić information content (AvgIpc) is 2.82. The number of benzene rings is 1. The van der Waals surface area contributed by atoms with Gasteiger partial charge in [-0.25, -0.2) is 4.79 Å². The molecule has 0 bridgehead atoms. The molecule has 6 nitrogen and oxygen atoms in total. The summed E-state index contributed by atoms with van der Waals surface area (Å²) in [7, 11) is 3.30. The van der Waals surface area contributed by atoms with E-state index in [4.69, 9.17) is 15.2 Å². The minimum Gasteiger partial charge on any atom is -0.495 e. The summed E-state index contributed by atoms with van der Waals surface area (Å²) in [6, 6.07) is 4.77. The highest BCUT2D eigenvalue weighted by molar-refractivity contribution is 5.90. The Bertz CT molecular complexity index is 593. The molecule has 2 aromatic rings. The first-order valence-electron chi connectivity index (χ1n) is 5.68. The first-order valence-corrected chi connectivity index (χ1v) is 5.68. The first-order chi connectivity index (χ1) is 9.10. The van der Waals surface area contributed by atoms with E-state index in [1.165, 1.54) is 7.11 Å². The van der Waals surface area contributed by atoms with E-state index in [0.29, 0.717) is 17.0 Å². The predicted octanol–water partition coefficient (Wildman–Crippen LogP) is 1.37. The quantitative estimate of drug-likeness (QED) is 0.664. The maximum atomic E-state index is 11.9. The van der Waals surface area contributed by atoms with Crippen molar-refractivity contribution in [2.75, 3.05) is 12.8 Å². The van der Waals surface area contributed by atoms with Gasteiger partial charge in [-0.3, -0.25) is 4.68 Å². The highest BCUT2D eigenvalue weighted by Gasteiger charge is 2.10. The number of nitrogens with two attached hydrogens (primary N) is 1. The second-order valence-electron chi connectivity index (χ2n) is 4.06. The molecular weight excluding hydrogens is 246 g/mol. The van der Waals surface area contributed by atoms with Gasteiger partial charge in [0.05, 0.1) is 24.6 Å². The number of nitrogens with zero attached hydrogens (tertiary/aromatic N) is 2. The molecule has 0 saturated carbocycles. The summed E-state index contributed by atoms with van der Waals surface area (Å²) in [6.45, 7) is 0.180. The third-order valence-electron chi connectivity index (χ3n) is 2.60. The SMILES string of the molecule is COc1cc(C(=O)OCc2cnn(C)c2)ccc1N. The van der Waals surface area contributed by atoms with Gasteiger partial charge < -0.3 is 15.2 Å². The fourth-order valence-corrected chi connectivity index (χ4v) is 1.62. The van der Waals surface area contributed by atoms with Crippen molar-refractivity contribution in [2.45, 2.75) is 6.61 Å². The zero-order valence-electron chi connectivity index (χ0n) is 10.8. The van der Waals surface area contributed by atoms with Crippen molar-refractivity contribution in [1.29, 1.82) is 0 Å². The van der Waals surface area contributed by atoms with Crippen molar-refractivity contribution < 1.29 is 14.3 Å². The molecule has 1 aromatic heterocycles. The van der Waals surface area contributed by atoms with Crippen LogP contribution in [0, 0.1) is 0 Å². The van der Waals surface area contributed by atoms with Crippen LogP contribution in [0.15, 0.2) is 30.6 Å². The molecule has 0 amide bonds. The summed E-state index contributed by atoms with van der Waals surface area (Å²) in [5, 5.41) is 4.00. The lowest BCUT2D eigenvalue weighted by atomic mass is 10.2. The molecule has 0 aliphatic heterocycles. The van der Waals surface area contributed by atoms with Crippen molar-refractivity contribution in [1.82, 2.24) is 9.78 Å². The zero-order chi connectivity index (χ0) is 13.8. The van der Waals surface area contributed by atoms with Crippen LogP contribution >= 0.6 is 0 Å². The summed E-state index contributed by atoms with van der Waals surface area (Å²) in [6.07, 6.45) is 3.44. The fourth-order valence-electron chi connectivity index (χ4n) is 1.62. The molecule has 2 N–H and O–H groups in total. The zero-order valence-corrected chi connectivity index (χ0v) is 10.8. The van der Waals surface area contributed by atoms with Gasteiger partial charge in [-0.1, -0.05) is 0 Å². The molecule has 0 atom stereocenters. The number of aromatic nitrogens is 2. The number of anilines is 1. The molecule has 100 valence electrons. The number of methoxy groups -OCH3 is 1. The Balaban J connectivity index is 2.03. The summed E-state index contributed by atoms with van der Waals surface area (Å²) >= 11 is 0. The van der Waals surface area contributed by atoms with E-state index in [0.717, 1.165) is 5.56 Å². The number of carbonyl (C=O) groups is 1. The molecule has 19 heavy (non-hydrogen) atoms. The van der Waals surface area contributed by atoms with E-state index in [9.17, 15) is 4.79 Å². The van der Waals surface area contributed by atoms with Crippen molar-refractivity contribution in [3.63, 3.8) is 0 Å². The Morgan fingerprint density at radius 3 is 2.89 bits per heavy atom. The molecule has 0 saturated heterocycles. The Morgan fingerprint density at radius 2 is 2.26 bits per heavy atom. The number of hydrogen-bond acceptors (Lipinski definition) is 5. The second-order valence-corrected chi connectivity index (χ2v) is 4.06. The summed E-state index contributed by atoms with van der Waals surface area (Å²) in [5.41, 5.74) is 7.39. The molecule has 0 aliphatic carbocycles. The predicted molar refractivity (Wildman–Crippen MR) is 69.7 cm³/mol. The number of ether oxygens (including phenoxy) is 2. The number of esters is 1. The molecule has 0 fully saturated rings. The van der Waals surface area contributed by atoms with Gasteiger partial charge in [0.25, 0.3) is 0 Å². The molecule has 0 unspecified atom stereocenters. The summed E-state index contributed by atoms with van der Waals surface area (Å²) in [4.78, 5) is 11.9. The lowest BCUT2D eigenvalue weighted by Crippen LogP contribution is -2.06. The van der Waals surface area contributed by atoms with Gasteiger partial charge >= 0.3 is 5.97 Å². The van der Waals surface area contributed by atoms with Gasteiger partial charge in [-0.2, -0.15) is 5.10 Å². The van der Waals surface area contributed by atoms with Crippen LogP contribution in [0.3, 0.4) is 0 Å². The van der Waals surface area contributed by atoms with Gasteiger partial charge in [-0.15, -0.1) is 0 Å². The number of rotatable bonds is 4. The Hall–Kier alpha value is -2.50. The van der Waals surface area contributed by atoms with Crippen LogP contribution < -0.4 is 10.5 Å². The largest absolute Gasteiger partial charge is 0.495 e. The second kappa shape index (κ2) is 5.43. The molecular formula is C13H15N3O3. The third kappa shape index (κ3) is 3.04. The maximum Gasteiger partial charge on any atom is 0.338 e. The minimum atomic E-state index is -0.429. The van der Waals surface area contributed by atoms with Gasteiger partial charge in [0.1, 0.15) is 12.4 Å². The van der Waals surface area contributed by atoms with E-state index < -0.39 is 5.97 Å². The fraction of sp³-hybridized carbons (Fsp3) is 0.231. The molecule has 1 heterocycles. The van der Waals surface area contributed by atoms with Gasteiger partial charge in [0.15, 0.2) is 0 Å². The lowest BCUT2D eigenvalue weighted by molar-refractivity contribution is 0.0472. The molecule has 0 radical (unpaired) electrons. The van der Waals surface area contributed by atoms with E-state index in [-0.39, 0.29) is 6.61 Å². The Morgan fingerprint density at radius 1 is 1.47 bits per heavy atom. The molecule has 6 heteroatoms. The van der Waals surface area contributed by atoms with Crippen molar-refractivity contribution in [3.8, 4) is 5.75 Å². The van der Waals surface area contributed by atoms with Crippen LogP contribution in [0.1, 0.15) is 15.9 Å². The van der Waals surface area contributed by atoms with Crippen LogP contribution in [-0.2, 0) is 18.4 Å². The van der Waals surface area contributed by atoms with Crippen LogP contribution in [0.2, 0.25) is 0 Å². The summed E-state index contributed by atoms with van der Waals surface area (Å²) < 4.78 is 11.9. The van der Waals surface area contributed by atoms with Crippen molar-refractivity contribution in [2.24, 2.45) is 7.05 Å². The van der Waals surface area contributed by atoms with E-state index in [1.54, 1.807) is 42.3 Å². The highest BCUT2D eigenvalue weighted by Crippen LogP contribution is 2.22. The third-order valence-corrected chi connectivity index (χ3v) is 2.60. The van der Waals surface area contributed by atoms with E-state index >= 15 is 0 Å². The lowest BCUT2D eigenvalue weighted by Gasteiger charge is -2.07. The number of carbonyl (C=O) groups excluding carboxylic acids is 1. The minimum absolute atomic E-state index is 0.180. The van der Waals surface area contributed by atoms with Crippen molar-refractivity contribution >= 4 is 11.7 Å². The van der Waals surface area contributed by atoms with E-state index in [2.05, 4.69) is 5.10 Å². The van der Waals surface area contributed by atoms with Crippen molar-refractivity contribution in [3.05, 3.63) is 41.7 Å². The number of nitrogen functional groups attached to an aromatic ring is 1. The van der Waals surface area contributed by atoms with Crippen LogP contribution in [0.25, 0.3) is 0 Å². The van der Waals surface area contributed by atoms with Crippen LogP contribution in [0.4, 0.5) is 5.69 Å². The first kappa shape index (κ1) is 12.9. The normalized spacial score (nSPS) is 10.2. The topological polar surface area (TPSA) is 79.4 Å². The Kier molecular flexibility index (Phi) is 3.70. The summed E-state index contributed by atoms with van der Waals surface area (Å²) in [5.74, 6) is 0.0259. The smallest absolute Gasteiger partial charge is 0.338 e. The number of hydrogen-bond donors (Lipinski definition) is 1. The van der Waals surface area contributed by atoms with Crippen LogP contribution in [-0.4, -0.2) is 22.9 Å². The van der Waals surface area contributed by atoms with Gasteiger partial charge in [0.2, 0.25) is 0 Å².